The second-order valence-electron chi connectivity index (χ2n) is 6.22. The molecule has 5 heteroatoms. The SMILES string of the molecule is Cc1cccc(Cl)c1N(C(=O)[O-])C1CC2CCC(C1)N2C. The number of para-hydroxylation sites is 1. The minimum atomic E-state index is -1.15. The monoisotopic (exact) mass is 307 g/mol. The molecule has 2 atom stereocenters. The lowest BCUT2D eigenvalue weighted by molar-refractivity contribution is -0.247. The van der Waals surface area contributed by atoms with Gasteiger partial charge in [-0.15, -0.1) is 0 Å². The number of nitrogens with zero attached hydrogens (tertiary/aromatic N) is 2. The third kappa shape index (κ3) is 2.51. The Balaban J connectivity index is 1.95. The largest absolute Gasteiger partial charge is 0.530 e. The fourth-order valence-corrected chi connectivity index (χ4v) is 4.26. The highest BCUT2D eigenvalue weighted by atomic mass is 35.5. The van der Waals surface area contributed by atoms with E-state index in [0.717, 1.165) is 31.2 Å². The van der Waals surface area contributed by atoms with Gasteiger partial charge in [0.25, 0.3) is 0 Å². The first kappa shape index (κ1) is 14.7. The van der Waals surface area contributed by atoms with E-state index >= 15 is 0 Å². The van der Waals surface area contributed by atoms with Crippen LogP contribution in [0.15, 0.2) is 18.2 Å². The molecule has 2 bridgehead atoms. The molecule has 1 aromatic carbocycles. The molecule has 21 heavy (non-hydrogen) atoms. The number of piperidine rings is 1. The fourth-order valence-electron chi connectivity index (χ4n) is 3.94. The molecule has 2 unspecified atom stereocenters. The molecule has 2 aliphatic rings. The molecule has 2 aliphatic heterocycles. The zero-order chi connectivity index (χ0) is 15.1. The van der Waals surface area contributed by atoms with Crippen molar-refractivity contribution in [1.29, 1.82) is 0 Å². The van der Waals surface area contributed by atoms with Crippen LogP contribution in [0.5, 0.6) is 0 Å². The summed E-state index contributed by atoms with van der Waals surface area (Å²) in [6.45, 7) is 1.89. The van der Waals surface area contributed by atoms with E-state index in [9.17, 15) is 9.90 Å². The number of aryl methyl sites for hydroxylation is 1. The number of benzene rings is 1. The van der Waals surface area contributed by atoms with Crippen molar-refractivity contribution in [2.45, 2.75) is 50.7 Å². The van der Waals surface area contributed by atoms with Gasteiger partial charge in [0.1, 0.15) is 6.09 Å². The van der Waals surface area contributed by atoms with Crippen LogP contribution in [0, 0.1) is 6.92 Å². The lowest BCUT2D eigenvalue weighted by atomic mass is 9.95. The number of carbonyl (C=O) groups is 1. The number of carboxylic acid groups (broad SMARTS) is 1. The van der Waals surface area contributed by atoms with Gasteiger partial charge in [0.2, 0.25) is 0 Å². The van der Waals surface area contributed by atoms with E-state index in [1.54, 1.807) is 6.07 Å². The van der Waals surface area contributed by atoms with E-state index in [2.05, 4.69) is 11.9 Å². The van der Waals surface area contributed by atoms with Crippen LogP contribution in [0.1, 0.15) is 31.2 Å². The Labute approximate surface area is 130 Å². The van der Waals surface area contributed by atoms with Gasteiger partial charge >= 0.3 is 0 Å². The van der Waals surface area contributed by atoms with Crippen LogP contribution < -0.4 is 10.0 Å². The topological polar surface area (TPSA) is 46.6 Å². The van der Waals surface area contributed by atoms with Crippen LogP contribution in [-0.4, -0.2) is 36.2 Å². The van der Waals surface area contributed by atoms with Crippen LogP contribution in [0.2, 0.25) is 5.02 Å². The molecule has 1 amide bonds. The van der Waals surface area contributed by atoms with Crippen molar-refractivity contribution in [2.75, 3.05) is 11.9 Å². The third-order valence-electron chi connectivity index (χ3n) is 5.06. The number of amides is 1. The predicted octanol–water partition coefficient (Wildman–Crippen LogP) is 2.42. The Hall–Kier alpha value is -1.26. The summed E-state index contributed by atoms with van der Waals surface area (Å²) in [7, 11) is 2.14. The van der Waals surface area contributed by atoms with Gasteiger partial charge in [-0.25, -0.2) is 0 Å². The first-order valence-corrected chi connectivity index (χ1v) is 7.84. The highest BCUT2D eigenvalue weighted by molar-refractivity contribution is 6.34. The van der Waals surface area contributed by atoms with Crippen molar-refractivity contribution in [2.24, 2.45) is 0 Å². The normalized spacial score (nSPS) is 28.6. The minimum Gasteiger partial charge on any atom is -0.530 e. The molecule has 0 aliphatic carbocycles. The fraction of sp³-hybridized carbons (Fsp3) is 0.562. The summed E-state index contributed by atoms with van der Waals surface area (Å²) in [4.78, 5) is 15.6. The van der Waals surface area contributed by atoms with E-state index in [1.165, 1.54) is 4.90 Å². The van der Waals surface area contributed by atoms with Gasteiger partial charge in [-0.1, -0.05) is 23.7 Å². The molecule has 3 rings (SSSR count). The summed E-state index contributed by atoms with van der Waals surface area (Å²) < 4.78 is 0. The second kappa shape index (κ2) is 5.50. The predicted molar refractivity (Wildman–Crippen MR) is 81.7 cm³/mol. The molecule has 1 aromatic rings. The molecule has 2 heterocycles. The maximum Gasteiger partial charge on any atom is 0.141 e. The van der Waals surface area contributed by atoms with E-state index in [1.807, 2.05) is 19.1 Å². The molecule has 0 N–H and O–H groups in total. The summed E-state index contributed by atoms with van der Waals surface area (Å²) >= 11 is 6.26. The van der Waals surface area contributed by atoms with Gasteiger partial charge in [0.15, 0.2) is 0 Å². The molecule has 2 saturated heterocycles. The summed E-state index contributed by atoms with van der Waals surface area (Å²) in [6.07, 6.45) is 2.86. The number of anilines is 1. The van der Waals surface area contributed by atoms with Crippen molar-refractivity contribution < 1.29 is 9.90 Å². The van der Waals surface area contributed by atoms with Gasteiger partial charge in [-0.2, -0.15) is 0 Å². The molecule has 2 fully saturated rings. The smallest absolute Gasteiger partial charge is 0.141 e. The lowest BCUT2D eigenvalue weighted by Crippen LogP contribution is -2.54. The summed E-state index contributed by atoms with van der Waals surface area (Å²) in [5.74, 6) is 0. The van der Waals surface area contributed by atoms with E-state index in [-0.39, 0.29) is 6.04 Å². The average Bonchev–Trinajstić information content (AvgIpc) is 2.64. The first-order chi connectivity index (χ1) is 9.99. The average molecular weight is 308 g/mol. The molecule has 0 radical (unpaired) electrons. The van der Waals surface area contributed by atoms with E-state index < -0.39 is 6.09 Å². The molecule has 114 valence electrons. The summed E-state index contributed by atoms with van der Waals surface area (Å²) in [5, 5.41) is 12.2. The Morgan fingerprint density at radius 1 is 1.33 bits per heavy atom. The first-order valence-electron chi connectivity index (χ1n) is 7.46. The van der Waals surface area contributed by atoms with Crippen molar-refractivity contribution in [3.63, 3.8) is 0 Å². The lowest BCUT2D eigenvalue weighted by Gasteiger charge is -2.43. The summed E-state index contributed by atoms with van der Waals surface area (Å²) in [6, 6.07) is 6.37. The zero-order valence-electron chi connectivity index (χ0n) is 12.4. The zero-order valence-corrected chi connectivity index (χ0v) is 13.1. The molecule has 0 aromatic heterocycles. The van der Waals surface area contributed by atoms with Gasteiger partial charge in [-0.3, -0.25) is 0 Å². The Morgan fingerprint density at radius 2 is 1.95 bits per heavy atom. The number of hydrogen-bond donors (Lipinski definition) is 0. The molecule has 0 saturated carbocycles. The Kier molecular flexibility index (Phi) is 3.84. The van der Waals surface area contributed by atoms with E-state index in [0.29, 0.717) is 22.8 Å². The number of halogens is 1. The van der Waals surface area contributed by atoms with Crippen molar-refractivity contribution in [3.05, 3.63) is 28.8 Å². The summed E-state index contributed by atoms with van der Waals surface area (Å²) in [5.41, 5.74) is 1.46. The van der Waals surface area contributed by atoms with E-state index in [4.69, 9.17) is 11.6 Å². The Bertz CT molecular complexity index is 529. The van der Waals surface area contributed by atoms with Crippen molar-refractivity contribution in [3.8, 4) is 0 Å². The highest BCUT2D eigenvalue weighted by Gasteiger charge is 2.41. The van der Waals surface area contributed by atoms with Gasteiger partial charge < -0.3 is 19.7 Å². The molecular weight excluding hydrogens is 288 g/mol. The van der Waals surface area contributed by atoms with Crippen molar-refractivity contribution in [1.82, 2.24) is 4.90 Å². The maximum atomic E-state index is 11.8. The van der Waals surface area contributed by atoms with Crippen molar-refractivity contribution >= 4 is 23.4 Å². The number of hydrogen-bond acceptors (Lipinski definition) is 3. The third-order valence-corrected chi connectivity index (χ3v) is 5.37. The number of fused-ring (bicyclic) bond motifs is 2. The highest BCUT2D eigenvalue weighted by Crippen LogP contribution is 2.40. The van der Waals surface area contributed by atoms with Crippen LogP contribution in [0.25, 0.3) is 0 Å². The second-order valence-corrected chi connectivity index (χ2v) is 6.62. The van der Waals surface area contributed by atoms with Crippen LogP contribution in [0.4, 0.5) is 10.5 Å². The molecule has 4 nitrogen and oxygen atoms in total. The minimum absolute atomic E-state index is 0.0395. The van der Waals surface area contributed by atoms with Gasteiger partial charge in [0.05, 0.1) is 10.7 Å². The van der Waals surface area contributed by atoms with Gasteiger partial charge in [-0.05, 0) is 51.3 Å². The number of rotatable bonds is 2. The van der Waals surface area contributed by atoms with Crippen LogP contribution in [-0.2, 0) is 0 Å². The standard InChI is InChI=1S/C16H21ClN2O2/c1-10-4-3-5-14(17)15(10)19(16(20)21)13-8-11-6-7-12(9-13)18(11)2/h3-5,11-13H,6-9H2,1-2H3,(H,20,21)/p-1. The number of carbonyl (C=O) groups excluding carboxylic acids is 1. The molecule has 0 spiro atoms. The van der Waals surface area contributed by atoms with Crippen LogP contribution >= 0.6 is 11.6 Å². The quantitative estimate of drug-likeness (QED) is 0.843. The van der Waals surface area contributed by atoms with Crippen LogP contribution in [0.3, 0.4) is 0 Å². The molecular formula is C16H20ClN2O2-. The van der Waals surface area contributed by atoms with Gasteiger partial charge in [0, 0.05) is 18.1 Å². The maximum absolute atomic E-state index is 11.8. The Morgan fingerprint density at radius 3 is 2.48 bits per heavy atom.